The molecule has 0 aliphatic rings. The first-order valence-electron chi connectivity index (χ1n) is 10.0. The Labute approximate surface area is 185 Å². The van der Waals surface area contributed by atoms with Gasteiger partial charge in [0, 0.05) is 23.6 Å². The van der Waals surface area contributed by atoms with E-state index in [1.54, 1.807) is 11.6 Å². The standard InChI is InChI=1S/C23H24ClN5O2/c1-14(18-8-7-9-19(12-18)28-10-5-6-11-28)25-23(30)22-20(17(4)31-27-22)13-29-16(3)21(24)15(2)26-29/h5-12,14H,13H2,1-4H3,(H,25,30). The van der Waals surface area contributed by atoms with Gasteiger partial charge in [0.05, 0.1) is 29.0 Å². The predicted molar refractivity (Wildman–Crippen MR) is 119 cm³/mol. The lowest BCUT2D eigenvalue weighted by Gasteiger charge is -2.15. The third-order valence-electron chi connectivity index (χ3n) is 5.42. The van der Waals surface area contributed by atoms with Gasteiger partial charge in [-0.2, -0.15) is 5.10 Å². The molecule has 1 amide bonds. The lowest BCUT2D eigenvalue weighted by atomic mass is 10.1. The van der Waals surface area contributed by atoms with Crippen LogP contribution in [0.5, 0.6) is 0 Å². The fraction of sp³-hybridized carbons (Fsp3) is 0.261. The Morgan fingerprint density at radius 1 is 1.19 bits per heavy atom. The zero-order chi connectivity index (χ0) is 22.1. The first kappa shape index (κ1) is 20.9. The summed E-state index contributed by atoms with van der Waals surface area (Å²) in [4.78, 5) is 13.0. The molecule has 0 aliphatic carbocycles. The molecule has 0 aliphatic heterocycles. The Hall–Kier alpha value is -3.32. The van der Waals surface area contributed by atoms with Crippen molar-refractivity contribution in [2.24, 2.45) is 0 Å². The van der Waals surface area contributed by atoms with Crippen molar-refractivity contribution in [3.63, 3.8) is 0 Å². The number of carbonyl (C=O) groups excluding carboxylic acids is 1. The number of aromatic nitrogens is 4. The van der Waals surface area contributed by atoms with Crippen LogP contribution in [-0.2, 0) is 6.54 Å². The minimum atomic E-state index is -0.293. The molecule has 4 rings (SSSR count). The predicted octanol–water partition coefficient (Wildman–Crippen LogP) is 4.78. The quantitative estimate of drug-likeness (QED) is 0.471. The molecule has 0 bridgehead atoms. The molecular weight excluding hydrogens is 414 g/mol. The van der Waals surface area contributed by atoms with Crippen LogP contribution in [0.4, 0.5) is 0 Å². The van der Waals surface area contributed by atoms with Gasteiger partial charge in [-0.1, -0.05) is 28.9 Å². The van der Waals surface area contributed by atoms with Gasteiger partial charge in [0.2, 0.25) is 0 Å². The summed E-state index contributed by atoms with van der Waals surface area (Å²) in [6.45, 7) is 7.83. The zero-order valence-electron chi connectivity index (χ0n) is 17.9. The Bertz CT molecular complexity index is 1220. The SMILES string of the molecule is Cc1nn(Cc2c(C(=O)NC(C)c3cccc(-n4cccc4)c3)noc2C)c(C)c1Cl. The van der Waals surface area contributed by atoms with Crippen molar-refractivity contribution >= 4 is 17.5 Å². The molecule has 1 atom stereocenters. The number of rotatable bonds is 6. The van der Waals surface area contributed by atoms with E-state index >= 15 is 0 Å². The van der Waals surface area contributed by atoms with E-state index in [0.717, 1.165) is 22.6 Å². The summed E-state index contributed by atoms with van der Waals surface area (Å²) in [5.41, 5.74) is 4.55. The van der Waals surface area contributed by atoms with Crippen LogP contribution in [0.15, 0.2) is 53.3 Å². The monoisotopic (exact) mass is 437 g/mol. The molecule has 8 heteroatoms. The number of amides is 1. The van der Waals surface area contributed by atoms with Gasteiger partial charge in [0.25, 0.3) is 5.91 Å². The van der Waals surface area contributed by atoms with Crippen LogP contribution in [0, 0.1) is 20.8 Å². The summed E-state index contributed by atoms with van der Waals surface area (Å²) in [6, 6.07) is 11.8. The van der Waals surface area contributed by atoms with Gasteiger partial charge in [-0.3, -0.25) is 9.48 Å². The van der Waals surface area contributed by atoms with Gasteiger partial charge in [-0.05, 0) is 57.5 Å². The van der Waals surface area contributed by atoms with Gasteiger partial charge < -0.3 is 14.4 Å². The summed E-state index contributed by atoms with van der Waals surface area (Å²) < 4.78 is 9.12. The van der Waals surface area contributed by atoms with Gasteiger partial charge in [-0.25, -0.2) is 0 Å². The third-order valence-corrected chi connectivity index (χ3v) is 5.97. The van der Waals surface area contributed by atoms with E-state index in [1.165, 1.54) is 0 Å². The maximum atomic E-state index is 13.0. The molecule has 3 aromatic heterocycles. The molecule has 7 nitrogen and oxygen atoms in total. The lowest BCUT2D eigenvalue weighted by molar-refractivity contribution is 0.0929. The highest BCUT2D eigenvalue weighted by Crippen LogP contribution is 2.23. The van der Waals surface area contributed by atoms with E-state index < -0.39 is 0 Å². The number of nitrogens with one attached hydrogen (secondary N) is 1. The Balaban J connectivity index is 1.54. The van der Waals surface area contributed by atoms with E-state index in [9.17, 15) is 4.79 Å². The van der Waals surface area contributed by atoms with E-state index in [1.807, 2.05) is 68.1 Å². The Morgan fingerprint density at radius 2 is 1.94 bits per heavy atom. The fourth-order valence-electron chi connectivity index (χ4n) is 3.54. The number of halogens is 1. The topological polar surface area (TPSA) is 77.9 Å². The second-order valence-corrected chi connectivity index (χ2v) is 7.97. The largest absolute Gasteiger partial charge is 0.361 e. The number of hydrogen-bond acceptors (Lipinski definition) is 4. The maximum Gasteiger partial charge on any atom is 0.274 e. The van der Waals surface area contributed by atoms with Gasteiger partial charge in [0.1, 0.15) is 5.76 Å². The number of aryl methyl sites for hydroxylation is 2. The highest BCUT2D eigenvalue weighted by atomic mass is 35.5. The number of benzene rings is 1. The third kappa shape index (κ3) is 4.14. The molecule has 0 radical (unpaired) electrons. The normalized spacial score (nSPS) is 12.2. The van der Waals surface area contributed by atoms with Crippen LogP contribution in [0.2, 0.25) is 5.02 Å². The van der Waals surface area contributed by atoms with E-state index in [0.29, 0.717) is 22.9 Å². The average molecular weight is 438 g/mol. The Kier molecular flexibility index (Phi) is 5.69. The molecule has 0 saturated heterocycles. The molecule has 0 saturated carbocycles. The highest BCUT2D eigenvalue weighted by Gasteiger charge is 2.23. The minimum absolute atomic E-state index is 0.212. The molecule has 1 aromatic carbocycles. The average Bonchev–Trinajstić information content (AvgIpc) is 3.47. The number of carbonyl (C=O) groups is 1. The molecular formula is C23H24ClN5O2. The van der Waals surface area contributed by atoms with Crippen molar-refractivity contribution in [3.05, 3.63) is 87.8 Å². The van der Waals surface area contributed by atoms with Crippen LogP contribution >= 0.6 is 11.6 Å². The molecule has 0 fully saturated rings. The second kappa shape index (κ2) is 8.43. The van der Waals surface area contributed by atoms with Crippen LogP contribution in [0.1, 0.15) is 51.7 Å². The second-order valence-electron chi connectivity index (χ2n) is 7.59. The minimum Gasteiger partial charge on any atom is -0.361 e. The van der Waals surface area contributed by atoms with Crippen LogP contribution in [0.25, 0.3) is 5.69 Å². The maximum absolute atomic E-state index is 13.0. The van der Waals surface area contributed by atoms with Crippen molar-refractivity contribution < 1.29 is 9.32 Å². The van der Waals surface area contributed by atoms with Gasteiger partial charge >= 0.3 is 0 Å². The van der Waals surface area contributed by atoms with Crippen molar-refractivity contribution in [1.29, 1.82) is 0 Å². The molecule has 31 heavy (non-hydrogen) atoms. The van der Waals surface area contributed by atoms with Crippen molar-refractivity contribution in [2.45, 2.75) is 40.3 Å². The molecule has 1 unspecified atom stereocenters. The Morgan fingerprint density at radius 3 is 2.61 bits per heavy atom. The van der Waals surface area contributed by atoms with Crippen LogP contribution in [0.3, 0.4) is 0 Å². The highest BCUT2D eigenvalue weighted by molar-refractivity contribution is 6.31. The number of hydrogen-bond donors (Lipinski definition) is 1. The summed E-state index contributed by atoms with van der Waals surface area (Å²) in [5, 5.41) is 12.1. The lowest BCUT2D eigenvalue weighted by Crippen LogP contribution is -2.28. The molecule has 3 heterocycles. The van der Waals surface area contributed by atoms with E-state index in [2.05, 4.69) is 21.6 Å². The van der Waals surface area contributed by atoms with Crippen molar-refractivity contribution in [3.8, 4) is 5.69 Å². The van der Waals surface area contributed by atoms with E-state index in [4.69, 9.17) is 16.1 Å². The van der Waals surface area contributed by atoms with Gasteiger partial charge in [0.15, 0.2) is 5.69 Å². The summed E-state index contributed by atoms with van der Waals surface area (Å²) in [6.07, 6.45) is 3.97. The van der Waals surface area contributed by atoms with Crippen LogP contribution in [-0.4, -0.2) is 25.4 Å². The van der Waals surface area contributed by atoms with Crippen molar-refractivity contribution in [2.75, 3.05) is 0 Å². The fourth-order valence-corrected chi connectivity index (χ4v) is 3.68. The summed E-state index contributed by atoms with van der Waals surface area (Å²) in [5.74, 6) is 0.287. The molecule has 0 spiro atoms. The summed E-state index contributed by atoms with van der Waals surface area (Å²) >= 11 is 6.26. The number of nitrogens with zero attached hydrogens (tertiary/aromatic N) is 4. The zero-order valence-corrected chi connectivity index (χ0v) is 18.6. The molecule has 160 valence electrons. The first-order chi connectivity index (χ1) is 14.8. The molecule has 4 aromatic rings. The van der Waals surface area contributed by atoms with Gasteiger partial charge in [-0.15, -0.1) is 0 Å². The molecule has 1 N–H and O–H groups in total. The summed E-state index contributed by atoms with van der Waals surface area (Å²) in [7, 11) is 0. The van der Waals surface area contributed by atoms with Crippen molar-refractivity contribution in [1.82, 2.24) is 24.8 Å². The first-order valence-corrected chi connectivity index (χ1v) is 10.4. The van der Waals surface area contributed by atoms with Crippen LogP contribution < -0.4 is 5.32 Å². The van der Waals surface area contributed by atoms with E-state index in [-0.39, 0.29) is 17.6 Å². The smallest absolute Gasteiger partial charge is 0.274 e.